The number of amides is 3. The van der Waals surface area contributed by atoms with Crippen LogP contribution < -0.4 is 19.7 Å². The first-order chi connectivity index (χ1) is 23.8. The molecule has 0 aliphatic carbocycles. The summed E-state index contributed by atoms with van der Waals surface area (Å²) in [6, 6.07) is 16.3. The molecule has 3 aromatic rings. The molecular formula is C36H42ClN5O9. The number of rotatable bonds is 9. The number of nitro groups is 1. The van der Waals surface area contributed by atoms with Crippen molar-refractivity contribution in [2.24, 2.45) is 0 Å². The number of nitrogens with zero attached hydrogens (tertiary/aromatic N) is 3. The summed E-state index contributed by atoms with van der Waals surface area (Å²) >= 11 is 6.44. The molecule has 1 heterocycles. The Kier molecular flexibility index (Phi) is 11.8. The molecule has 1 aliphatic rings. The summed E-state index contributed by atoms with van der Waals surface area (Å²) in [7, 11) is 0. The van der Waals surface area contributed by atoms with Gasteiger partial charge in [0.1, 0.15) is 22.6 Å². The van der Waals surface area contributed by atoms with Crippen molar-refractivity contribution in [2.75, 3.05) is 11.4 Å². The van der Waals surface area contributed by atoms with Crippen molar-refractivity contribution in [2.45, 2.75) is 85.2 Å². The van der Waals surface area contributed by atoms with E-state index in [1.165, 1.54) is 17.0 Å². The fraction of sp³-hybridized carbons (Fsp3) is 0.389. The van der Waals surface area contributed by atoms with E-state index in [0.29, 0.717) is 22.8 Å². The molecule has 4 rings (SSSR count). The number of nitrogens with one attached hydrogen (secondary N) is 2. The fourth-order valence-electron chi connectivity index (χ4n) is 4.98. The predicted octanol–water partition coefficient (Wildman–Crippen LogP) is 7.98. The van der Waals surface area contributed by atoms with Crippen LogP contribution in [0.5, 0.6) is 17.2 Å². The molecule has 51 heavy (non-hydrogen) atoms. The van der Waals surface area contributed by atoms with Crippen LogP contribution in [-0.2, 0) is 27.2 Å². The Morgan fingerprint density at radius 2 is 1.69 bits per heavy atom. The summed E-state index contributed by atoms with van der Waals surface area (Å²) in [5.41, 5.74) is -0.341. The Labute approximate surface area is 301 Å². The topological polar surface area (TPSA) is 174 Å². The Balaban J connectivity index is 1.59. The van der Waals surface area contributed by atoms with Gasteiger partial charge in [-0.05, 0) is 83.7 Å². The molecule has 14 nitrogen and oxygen atoms in total. The maximum absolute atomic E-state index is 13.6. The predicted molar refractivity (Wildman–Crippen MR) is 191 cm³/mol. The van der Waals surface area contributed by atoms with Crippen molar-refractivity contribution in [1.29, 1.82) is 5.41 Å². The van der Waals surface area contributed by atoms with E-state index in [1.54, 1.807) is 97.0 Å². The Hall–Kier alpha value is -5.37. The Morgan fingerprint density at radius 3 is 2.27 bits per heavy atom. The number of carbonyl (C=O) groups excluding carboxylic acids is 3. The van der Waals surface area contributed by atoms with Crippen LogP contribution in [0.4, 0.5) is 21.0 Å². The van der Waals surface area contributed by atoms with Gasteiger partial charge in [-0.15, -0.1) is 0 Å². The summed E-state index contributed by atoms with van der Waals surface area (Å²) < 4.78 is 22.8. The van der Waals surface area contributed by atoms with Gasteiger partial charge in [-0.2, -0.15) is 0 Å². The van der Waals surface area contributed by atoms with Crippen LogP contribution in [0.2, 0.25) is 5.02 Å². The van der Waals surface area contributed by atoms with E-state index in [1.807, 2.05) is 0 Å². The first-order valence-electron chi connectivity index (χ1n) is 16.2. The minimum atomic E-state index is -0.895. The van der Waals surface area contributed by atoms with Crippen LogP contribution in [0.25, 0.3) is 0 Å². The van der Waals surface area contributed by atoms with Crippen molar-refractivity contribution in [3.63, 3.8) is 0 Å². The van der Waals surface area contributed by atoms with E-state index in [4.69, 9.17) is 36.0 Å². The number of alkyl carbamates (subject to hydrolysis) is 1. The second-order valence-corrected chi connectivity index (χ2v) is 14.1. The first kappa shape index (κ1) is 38.4. The van der Waals surface area contributed by atoms with Gasteiger partial charge in [0.25, 0.3) is 11.6 Å². The number of ether oxygens (including phenoxy) is 4. The first-order valence-corrected chi connectivity index (χ1v) is 16.6. The fourth-order valence-corrected chi connectivity index (χ4v) is 5.17. The van der Waals surface area contributed by atoms with Crippen LogP contribution >= 0.6 is 11.6 Å². The highest BCUT2D eigenvalue weighted by molar-refractivity contribution is 6.31. The quantitative estimate of drug-likeness (QED) is 0.0960. The molecule has 0 saturated carbocycles. The summed E-state index contributed by atoms with van der Waals surface area (Å²) in [6.45, 7) is 11.9. The van der Waals surface area contributed by atoms with Gasteiger partial charge in [-0.25, -0.2) is 14.5 Å². The lowest BCUT2D eigenvalue weighted by molar-refractivity contribution is -0.385. The normalized spacial score (nSPS) is 14.2. The highest BCUT2D eigenvalue weighted by Crippen LogP contribution is 2.47. The molecule has 0 fully saturated rings. The minimum Gasteiger partial charge on any atom is -0.478 e. The molecule has 0 saturated heterocycles. The van der Waals surface area contributed by atoms with Gasteiger partial charge >= 0.3 is 12.2 Å². The van der Waals surface area contributed by atoms with E-state index in [9.17, 15) is 24.5 Å². The standard InChI is InChI=1S/C36H42ClN5O9/c1-8-27-31(43)41(21-23-11-9-10-12-26(23)37)30-28(19-24(42(46)47)20-29(30)49-27)48-25-15-13-22(14-16-25)17-18-40(34(45)51-36(5,6)7)32(38)39-33(44)50-35(2,3)4/h9-16,19-20,27H,8,17-18,21H2,1-7H3,(H2,38,39,44). The third-order valence-electron chi connectivity index (χ3n) is 7.25. The van der Waals surface area contributed by atoms with E-state index >= 15 is 0 Å². The number of non-ortho nitro benzene ring substituents is 1. The molecule has 15 heteroatoms. The largest absolute Gasteiger partial charge is 0.478 e. The molecule has 1 unspecified atom stereocenters. The van der Waals surface area contributed by atoms with E-state index in [-0.39, 0.29) is 48.3 Å². The number of fused-ring (bicyclic) bond motifs is 1. The summed E-state index contributed by atoms with van der Waals surface area (Å²) in [6.07, 6.45) is -2.01. The Morgan fingerprint density at radius 1 is 1.04 bits per heavy atom. The number of hydrogen-bond acceptors (Lipinski definition) is 10. The molecule has 0 bridgehead atoms. The molecule has 2 N–H and O–H groups in total. The zero-order chi connectivity index (χ0) is 37.7. The summed E-state index contributed by atoms with van der Waals surface area (Å²) in [5, 5.41) is 23.0. The molecule has 0 radical (unpaired) electrons. The van der Waals surface area contributed by atoms with Gasteiger partial charge in [0.05, 0.1) is 23.6 Å². The van der Waals surface area contributed by atoms with Crippen molar-refractivity contribution in [3.8, 4) is 17.2 Å². The lowest BCUT2D eigenvalue weighted by Gasteiger charge is -2.35. The van der Waals surface area contributed by atoms with E-state index in [2.05, 4.69) is 5.32 Å². The molecule has 1 aliphatic heterocycles. The van der Waals surface area contributed by atoms with Crippen molar-refractivity contribution in [3.05, 3.63) is 86.9 Å². The average Bonchev–Trinajstić information content (AvgIpc) is 3.02. The van der Waals surface area contributed by atoms with Crippen molar-refractivity contribution in [1.82, 2.24) is 10.2 Å². The average molecular weight is 724 g/mol. The third-order valence-corrected chi connectivity index (χ3v) is 7.62. The molecule has 3 aromatic carbocycles. The van der Waals surface area contributed by atoms with Gasteiger partial charge in [0, 0.05) is 11.6 Å². The number of carbonyl (C=O) groups is 3. The molecule has 3 amide bonds. The molecule has 0 aromatic heterocycles. The second-order valence-electron chi connectivity index (χ2n) is 13.7. The molecule has 272 valence electrons. The number of hydrogen-bond donors (Lipinski definition) is 2. The highest BCUT2D eigenvalue weighted by Gasteiger charge is 2.38. The monoisotopic (exact) mass is 723 g/mol. The van der Waals surface area contributed by atoms with Gasteiger partial charge in [0.2, 0.25) is 5.96 Å². The number of anilines is 1. The third kappa shape index (κ3) is 10.3. The van der Waals surface area contributed by atoms with E-state index < -0.39 is 40.4 Å². The van der Waals surface area contributed by atoms with Crippen LogP contribution in [0, 0.1) is 15.5 Å². The molecule has 1 atom stereocenters. The maximum Gasteiger partial charge on any atom is 0.417 e. The number of halogens is 1. The van der Waals surface area contributed by atoms with Gasteiger partial charge in [-0.1, -0.05) is 48.9 Å². The molecular weight excluding hydrogens is 682 g/mol. The number of nitro benzene ring substituents is 1. The summed E-state index contributed by atoms with van der Waals surface area (Å²) in [5.74, 6) is -0.413. The van der Waals surface area contributed by atoms with Crippen molar-refractivity contribution >= 4 is 47.0 Å². The van der Waals surface area contributed by atoms with Gasteiger partial charge in [0.15, 0.2) is 17.6 Å². The zero-order valence-electron chi connectivity index (χ0n) is 29.6. The molecule has 0 spiro atoms. The lowest BCUT2D eigenvalue weighted by atomic mass is 10.1. The van der Waals surface area contributed by atoms with Gasteiger partial charge < -0.3 is 18.9 Å². The Bertz CT molecular complexity index is 1800. The lowest BCUT2D eigenvalue weighted by Crippen LogP contribution is -2.50. The second kappa shape index (κ2) is 15.7. The van der Waals surface area contributed by atoms with Crippen LogP contribution in [0.1, 0.15) is 66.0 Å². The van der Waals surface area contributed by atoms with Crippen LogP contribution in [0.15, 0.2) is 60.7 Å². The highest BCUT2D eigenvalue weighted by atomic mass is 35.5. The van der Waals surface area contributed by atoms with Crippen LogP contribution in [-0.4, -0.2) is 57.7 Å². The summed E-state index contributed by atoms with van der Waals surface area (Å²) in [4.78, 5) is 52.7. The number of benzene rings is 3. The van der Waals surface area contributed by atoms with Crippen molar-refractivity contribution < 1.29 is 38.3 Å². The van der Waals surface area contributed by atoms with E-state index in [0.717, 1.165) is 10.5 Å². The SMILES string of the molecule is CCC1Oc2cc([N+](=O)[O-])cc(Oc3ccc(CCN(C(=N)NC(=O)OC(C)(C)C)C(=O)OC(C)(C)C)cc3)c2N(Cc2ccccc2Cl)C1=O. The van der Waals surface area contributed by atoms with Crippen LogP contribution in [0.3, 0.4) is 0 Å². The smallest absolute Gasteiger partial charge is 0.417 e. The minimum absolute atomic E-state index is 0.0275. The van der Waals surface area contributed by atoms with Gasteiger partial charge in [-0.3, -0.25) is 30.5 Å². The number of guanidine groups is 1. The zero-order valence-corrected chi connectivity index (χ0v) is 30.3. The maximum atomic E-state index is 13.6.